The van der Waals surface area contributed by atoms with Gasteiger partial charge in [0.05, 0.1) is 11.7 Å². The first-order chi connectivity index (χ1) is 16.4. The summed E-state index contributed by atoms with van der Waals surface area (Å²) in [6.07, 6.45) is -5.28. The highest BCUT2D eigenvalue weighted by molar-refractivity contribution is 6.02. The second-order valence-electron chi connectivity index (χ2n) is 8.16. The van der Waals surface area contributed by atoms with Crippen LogP contribution in [0.2, 0.25) is 0 Å². The minimum absolute atomic E-state index is 0.0128. The van der Waals surface area contributed by atoms with Crippen LogP contribution in [-0.2, 0) is 6.18 Å². The van der Waals surface area contributed by atoms with Gasteiger partial charge < -0.3 is 21.1 Å². The lowest BCUT2D eigenvalue weighted by Crippen LogP contribution is -2.50. The molecule has 0 aliphatic carbocycles. The zero-order chi connectivity index (χ0) is 26.2. The molecule has 4 N–H and O–H groups in total. The fourth-order valence-corrected chi connectivity index (χ4v) is 3.04. The zero-order valence-electron chi connectivity index (χ0n) is 19.4. The molecule has 2 aromatic rings. The Kier molecular flexibility index (Phi) is 9.69. The molecule has 0 fully saturated rings. The topological polar surface area (TPSA) is 115 Å². The smallest absolute Gasteiger partial charge is 0.416 e. The lowest BCUT2D eigenvalue weighted by atomic mass is 10.0. The molecule has 0 radical (unpaired) electrons. The third-order valence-electron chi connectivity index (χ3n) is 4.94. The van der Waals surface area contributed by atoms with E-state index in [-0.39, 0.29) is 35.2 Å². The Morgan fingerprint density at radius 3 is 2.29 bits per heavy atom. The number of phenolic OH excluding ortho intramolecular Hbond substituents is 1. The quantitative estimate of drug-likeness (QED) is 0.135. The molecule has 2 atom stereocenters. The van der Waals surface area contributed by atoms with Crippen molar-refractivity contribution >= 4 is 11.9 Å². The third-order valence-corrected chi connectivity index (χ3v) is 4.94. The first kappa shape index (κ1) is 27.7. The van der Waals surface area contributed by atoms with Gasteiger partial charge in [0.1, 0.15) is 17.6 Å². The second kappa shape index (κ2) is 12.2. The number of amides is 1. The van der Waals surface area contributed by atoms with Crippen molar-refractivity contribution in [2.75, 3.05) is 13.6 Å². The molecule has 1 amide bonds. The highest BCUT2D eigenvalue weighted by atomic mass is 19.4. The van der Waals surface area contributed by atoms with Gasteiger partial charge in [-0.1, -0.05) is 25.1 Å². The van der Waals surface area contributed by atoms with E-state index in [2.05, 4.69) is 26.1 Å². The molecule has 0 heterocycles. The van der Waals surface area contributed by atoms with E-state index in [9.17, 15) is 32.4 Å². The fraction of sp³-hybridized carbons (Fsp3) is 0.391. The highest BCUT2D eigenvalue weighted by Crippen LogP contribution is 2.29. The monoisotopic (exact) mass is 497 g/mol. The normalized spacial score (nSPS) is 13.9. The molecule has 190 valence electrons. The first-order valence-corrected chi connectivity index (χ1v) is 10.7. The standard InChI is InChI=1S/C23H27F4N5O3/c1-13(2)12-29-22(31-21(34)14-4-6-15(7-5-14)23(25,26)27)30-20(28-3)11-19(32-35)17-9-8-16(33)10-18(17)24/h4-10,13,19-20,28,33H,11-12H2,1-3H3,(H2,29,30,31,34). The Morgan fingerprint density at radius 1 is 1.11 bits per heavy atom. The van der Waals surface area contributed by atoms with Crippen molar-refractivity contribution in [2.24, 2.45) is 16.1 Å². The number of nitrogens with zero attached hydrogens (tertiary/aromatic N) is 2. The number of hydrogen-bond acceptors (Lipinski definition) is 5. The van der Waals surface area contributed by atoms with Crippen LogP contribution < -0.4 is 16.0 Å². The van der Waals surface area contributed by atoms with Crippen molar-refractivity contribution in [3.05, 3.63) is 69.9 Å². The predicted octanol–water partition coefficient (Wildman–Crippen LogP) is 4.32. The number of nitroso groups, excluding NO2 is 1. The molecule has 0 aromatic heterocycles. The fourth-order valence-electron chi connectivity index (χ4n) is 3.04. The van der Waals surface area contributed by atoms with E-state index in [1.54, 1.807) is 7.05 Å². The number of rotatable bonds is 9. The Morgan fingerprint density at radius 2 is 1.77 bits per heavy atom. The number of nitrogens with one attached hydrogen (secondary N) is 3. The van der Waals surface area contributed by atoms with Crippen LogP contribution in [0.15, 0.2) is 52.6 Å². The molecular weight excluding hydrogens is 470 g/mol. The maximum atomic E-state index is 14.2. The summed E-state index contributed by atoms with van der Waals surface area (Å²) in [5.41, 5.74) is -0.962. The molecule has 0 aliphatic rings. The van der Waals surface area contributed by atoms with E-state index in [0.717, 1.165) is 30.3 Å². The van der Waals surface area contributed by atoms with Gasteiger partial charge in [0.2, 0.25) is 5.96 Å². The maximum Gasteiger partial charge on any atom is 0.416 e. The van der Waals surface area contributed by atoms with Crippen LogP contribution in [-0.4, -0.2) is 36.7 Å². The zero-order valence-corrected chi connectivity index (χ0v) is 19.4. The van der Waals surface area contributed by atoms with Gasteiger partial charge >= 0.3 is 6.18 Å². The predicted molar refractivity (Wildman–Crippen MR) is 123 cm³/mol. The van der Waals surface area contributed by atoms with Crippen LogP contribution in [0.25, 0.3) is 0 Å². The number of guanidine groups is 1. The molecule has 0 spiro atoms. The van der Waals surface area contributed by atoms with Crippen LogP contribution in [0.5, 0.6) is 5.75 Å². The molecular formula is C23H27F4N5O3. The largest absolute Gasteiger partial charge is 0.508 e. The lowest BCUT2D eigenvalue weighted by molar-refractivity contribution is -0.137. The van der Waals surface area contributed by atoms with Crippen molar-refractivity contribution in [1.82, 2.24) is 16.0 Å². The molecule has 2 unspecified atom stereocenters. The first-order valence-electron chi connectivity index (χ1n) is 10.7. The van der Waals surface area contributed by atoms with E-state index in [1.165, 1.54) is 12.1 Å². The third kappa shape index (κ3) is 8.32. The van der Waals surface area contributed by atoms with E-state index in [0.29, 0.717) is 6.54 Å². The van der Waals surface area contributed by atoms with Crippen molar-refractivity contribution in [3.63, 3.8) is 0 Å². The van der Waals surface area contributed by atoms with Gasteiger partial charge in [0.25, 0.3) is 5.91 Å². The van der Waals surface area contributed by atoms with E-state index >= 15 is 0 Å². The number of halogens is 4. The molecule has 0 saturated heterocycles. The van der Waals surface area contributed by atoms with Gasteiger partial charge in [-0.2, -0.15) is 23.1 Å². The summed E-state index contributed by atoms with van der Waals surface area (Å²) in [7, 11) is 1.56. The average Bonchev–Trinajstić information content (AvgIpc) is 2.79. The maximum absolute atomic E-state index is 14.2. The number of alkyl halides is 3. The van der Waals surface area contributed by atoms with Gasteiger partial charge in [-0.05, 0) is 43.3 Å². The average molecular weight is 497 g/mol. The van der Waals surface area contributed by atoms with Gasteiger partial charge in [0, 0.05) is 30.2 Å². The van der Waals surface area contributed by atoms with Gasteiger partial charge in [0.15, 0.2) is 0 Å². The Labute approximate surface area is 199 Å². The van der Waals surface area contributed by atoms with Gasteiger partial charge in [-0.15, -0.1) is 0 Å². The number of carbonyl (C=O) groups is 1. The summed E-state index contributed by atoms with van der Waals surface area (Å²) in [6, 6.07) is 5.88. The van der Waals surface area contributed by atoms with E-state index in [4.69, 9.17) is 0 Å². The van der Waals surface area contributed by atoms with E-state index in [1.807, 2.05) is 13.8 Å². The lowest BCUT2D eigenvalue weighted by Gasteiger charge is -2.23. The summed E-state index contributed by atoms with van der Waals surface area (Å²) >= 11 is 0. The summed E-state index contributed by atoms with van der Waals surface area (Å²) < 4.78 is 52.6. The molecule has 0 saturated carbocycles. The number of aromatic hydroxyl groups is 1. The van der Waals surface area contributed by atoms with Crippen molar-refractivity contribution in [1.29, 1.82) is 0 Å². The van der Waals surface area contributed by atoms with Gasteiger partial charge in [-0.25, -0.2) is 4.39 Å². The van der Waals surface area contributed by atoms with Gasteiger partial charge in [-0.3, -0.25) is 4.79 Å². The van der Waals surface area contributed by atoms with Crippen molar-refractivity contribution in [2.45, 2.75) is 38.7 Å². The number of hydrogen-bond donors (Lipinski definition) is 4. The molecule has 12 heteroatoms. The summed E-state index contributed by atoms with van der Waals surface area (Å²) in [5, 5.41) is 21.1. The SMILES string of the molecule is CNC(CC(N=O)c1ccc(O)cc1F)N/C(=N\C(=O)c1ccc(C(F)(F)F)cc1)NCC(C)C. The molecule has 0 bridgehead atoms. The minimum atomic E-state index is -4.53. The Balaban J connectivity index is 2.24. The van der Waals surface area contributed by atoms with Crippen LogP contribution in [0, 0.1) is 16.6 Å². The van der Waals surface area contributed by atoms with Crippen LogP contribution >= 0.6 is 0 Å². The number of benzene rings is 2. The van der Waals surface area contributed by atoms with Crippen LogP contribution in [0.4, 0.5) is 17.6 Å². The van der Waals surface area contributed by atoms with Crippen LogP contribution in [0.1, 0.15) is 47.8 Å². The second-order valence-corrected chi connectivity index (χ2v) is 8.16. The highest BCUT2D eigenvalue weighted by Gasteiger charge is 2.30. The number of carbonyl (C=O) groups excluding carboxylic acids is 1. The minimum Gasteiger partial charge on any atom is -0.508 e. The van der Waals surface area contributed by atoms with Crippen molar-refractivity contribution in [3.8, 4) is 5.75 Å². The summed E-state index contributed by atoms with van der Waals surface area (Å²) in [6.45, 7) is 4.24. The molecule has 35 heavy (non-hydrogen) atoms. The molecule has 2 aromatic carbocycles. The van der Waals surface area contributed by atoms with Crippen molar-refractivity contribution < 1.29 is 27.5 Å². The van der Waals surface area contributed by atoms with E-state index < -0.39 is 35.7 Å². The number of phenols is 1. The Hall–Kier alpha value is -3.54. The molecule has 2 rings (SSSR count). The number of aliphatic imine (C=N–C) groups is 1. The molecule has 8 nitrogen and oxygen atoms in total. The summed E-state index contributed by atoms with van der Waals surface area (Å²) in [5.74, 6) is -1.71. The Bertz CT molecular complexity index is 1040. The summed E-state index contributed by atoms with van der Waals surface area (Å²) in [4.78, 5) is 28.0. The molecule has 0 aliphatic heterocycles. The van der Waals surface area contributed by atoms with Crippen LogP contribution in [0.3, 0.4) is 0 Å².